The maximum atomic E-state index is 11.8. The third-order valence-corrected chi connectivity index (χ3v) is 2.43. The van der Waals surface area contributed by atoms with Gasteiger partial charge in [0.1, 0.15) is 5.82 Å². The number of nitrogens with one attached hydrogen (secondary N) is 1. The number of nitrogens with zero attached hydrogens (tertiary/aromatic N) is 2. The van der Waals surface area contributed by atoms with E-state index in [1.165, 1.54) is 12.4 Å². The van der Waals surface area contributed by atoms with E-state index < -0.39 is 0 Å². The van der Waals surface area contributed by atoms with Crippen LogP contribution in [-0.2, 0) is 0 Å². The molecule has 3 N–H and O–H groups in total. The van der Waals surface area contributed by atoms with Gasteiger partial charge in [0.25, 0.3) is 5.91 Å². The Bertz CT molecular complexity index is 541. The number of pyridine rings is 2. The first-order chi connectivity index (χ1) is 8.15. The van der Waals surface area contributed by atoms with Crippen LogP contribution in [0.1, 0.15) is 10.4 Å². The summed E-state index contributed by atoms with van der Waals surface area (Å²) in [6.07, 6.45) is 4.57. The second-order valence-corrected chi connectivity index (χ2v) is 4.24. The number of halogens is 1. The van der Waals surface area contributed by atoms with Gasteiger partial charge in [-0.15, -0.1) is 0 Å². The van der Waals surface area contributed by atoms with Crippen LogP contribution in [0.25, 0.3) is 0 Å². The van der Waals surface area contributed by atoms with Gasteiger partial charge in [-0.2, -0.15) is 0 Å². The van der Waals surface area contributed by atoms with Gasteiger partial charge in [0.15, 0.2) is 0 Å². The predicted octanol–water partition coefficient (Wildman–Crippen LogP) is 2.07. The molecule has 1 amide bonds. The highest BCUT2D eigenvalue weighted by molar-refractivity contribution is 9.10. The van der Waals surface area contributed by atoms with Crippen LogP contribution in [0.4, 0.5) is 11.5 Å². The zero-order chi connectivity index (χ0) is 12.3. The molecule has 0 aliphatic carbocycles. The fourth-order valence-electron chi connectivity index (χ4n) is 1.20. The van der Waals surface area contributed by atoms with Crippen LogP contribution in [0.2, 0.25) is 0 Å². The van der Waals surface area contributed by atoms with Crippen LogP contribution in [0, 0.1) is 0 Å². The zero-order valence-corrected chi connectivity index (χ0v) is 10.3. The van der Waals surface area contributed by atoms with Gasteiger partial charge in [0.2, 0.25) is 0 Å². The van der Waals surface area contributed by atoms with Crippen molar-refractivity contribution < 1.29 is 4.79 Å². The number of hydrogen-bond acceptors (Lipinski definition) is 4. The number of hydrogen-bond donors (Lipinski definition) is 2. The molecule has 2 heterocycles. The minimum Gasteiger partial charge on any atom is -0.397 e. The van der Waals surface area contributed by atoms with Gasteiger partial charge >= 0.3 is 0 Å². The largest absolute Gasteiger partial charge is 0.397 e. The molecule has 6 heteroatoms. The topological polar surface area (TPSA) is 80.9 Å². The SMILES string of the molecule is Nc1ccc(NC(=O)c2cncc(Br)c2)nc1. The van der Waals surface area contributed by atoms with Crippen molar-refractivity contribution in [2.24, 2.45) is 0 Å². The molecule has 2 aromatic rings. The molecule has 0 saturated heterocycles. The molecule has 0 atom stereocenters. The molecule has 0 aliphatic heterocycles. The summed E-state index contributed by atoms with van der Waals surface area (Å²) in [7, 11) is 0. The molecule has 2 rings (SSSR count). The summed E-state index contributed by atoms with van der Waals surface area (Å²) in [4.78, 5) is 19.7. The van der Waals surface area contributed by atoms with Crippen LogP contribution in [0.15, 0.2) is 41.3 Å². The van der Waals surface area contributed by atoms with Crippen molar-refractivity contribution in [2.75, 3.05) is 11.1 Å². The number of nitrogen functional groups attached to an aromatic ring is 1. The van der Waals surface area contributed by atoms with Crippen LogP contribution in [0.3, 0.4) is 0 Å². The maximum Gasteiger partial charge on any atom is 0.258 e. The summed E-state index contributed by atoms with van der Waals surface area (Å²) in [6, 6.07) is 4.99. The van der Waals surface area contributed by atoms with E-state index in [0.29, 0.717) is 17.1 Å². The standard InChI is InChI=1S/C11H9BrN4O/c12-8-3-7(4-14-5-8)11(17)16-10-2-1-9(13)6-15-10/h1-6H,13H2,(H,15,16,17). The monoisotopic (exact) mass is 292 g/mol. The Balaban J connectivity index is 2.14. The van der Waals surface area contributed by atoms with E-state index in [2.05, 4.69) is 31.2 Å². The molecule has 2 aromatic heterocycles. The number of anilines is 2. The molecule has 0 fully saturated rings. The molecule has 17 heavy (non-hydrogen) atoms. The molecule has 0 aliphatic rings. The van der Waals surface area contributed by atoms with Crippen LogP contribution >= 0.6 is 15.9 Å². The highest BCUT2D eigenvalue weighted by Crippen LogP contribution is 2.12. The van der Waals surface area contributed by atoms with Crippen LogP contribution in [0.5, 0.6) is 0 Å². The molecule has 0 bridgehead atoms. The van der Waals surface area contributed by atoms with Gasteiger partial charge in [0.05, 0.1) is 17.4 Å². The number of amides is 1. The maximum absolute atomic E-state index is 11.8. The molecular weight excluding hydrogens is 284 g/mol. The highest BCUT2D eigenvalue weighted by atomic mass is 79.9. The van der Waals surface area contributed by atoms with Crippen molar-refractivity contribution in [3.8, 4) is 0 Å². The second-order valence-electron chi connectivity index (χ2n) is 3.32. The van der Waals surface area contributed by atoms with Crippen molar-refractivity contribution in [3.05, 3.63) is 46.8 Å². The van der Waals surface area contributed by atoms with E-state index in [-0.39, 0.29) is 5.91 Å². The number of aromatic nitrogens is 2. The smallest absolute Gasteiger partial charge is 0.258 e. The Morgan fingerprint density at radius 3 is 2.76 bits per heavy atom. The first kappa shape index (κ1) is 11.5. The molecule has 0 aromatic carbocycles. The lowest BCUT2D eigenvalue weighted by Gasteiger charge is -2.04. The lowest BCUT2D eigenvalue weighted by atomic mass is 10.2. The fourth-order valence-corrected chi connectivity index (χ4v) is 1.57. The molecule has 0 spiro atoms. The number of rotatable bonds is 2. The van der Waals surface area contributed by atoms with E-state index in [9.17, 15) is 4.79 Å². The van der Waals surface area contributed by atoms with Crippen molar-refractivity contribution in [3.63, 3.8) is 0 Å². The minimum absolute atomic E-state index is 0.268. The zero-order valence-electron chi connectivity index (χ0n) is 8.72. The van der Waals surface area contributed by atoms with Gasteiger partial charge in [-0.25, -0.2) is 4.98 Å². The number of nitrogens with two attached hydrogens (primary N) is 1. The molecular formula is C11H9BrN4O. The molecule has 0 unspecified atom stereocenters. The van der Waals surface area contributed by atoms with Crippen molar-refractivity contribution in [2.45, 2.75) is 0 Å². The van der Waals surface area contributed by atoms with E-state index in [0.717, 1.165) is 4.47 Å². The van der Waals surface area contributed by atoms with Gasteiger partial charge in [-0.3, -0.25) is 9.78 Å². The minimum atomic E-state index is -0.268. The highest BCUT2D eigenvalue weighted by Gasteiger charge is 2.07. The van der Waals surface area contributed by atoms with Crippen molar-refractivity contribution in [1.82, 2.24) is 9.97 Å². The summed E-state index contributed by atoms with van der Waals surface area (Å²) < 4.78 is 0.746. The van der Waals surface area contributed by atoms with Gasteiger partial charge < -0.3 is 11.1 Å². The average molecular weight is 293 g/mol. The summed E-state index contributed by atoms with van der Waals surface area (Å²) >= 11 is 3.25. The first-order valence-electron chi connectivity index (χ1n) is 4.78. The molecule has 0 saturated carbocycles. The lowest BCUT2D eigenvalue weighted by Crippen LogP contribution is -2.13. The Hall–Kier alpha value is -1.95. The number of carbonyl (C=O) groups is 1. The summed E-state index contributed by atoms with van der Waals surface area (Å²) in [5.41, 5.74) is 6.50. The predicted molar refractivity (Wildman–Crippen MR) is 68.5 cm³/mol. The molecule has 0 radical (unpaired) electrons. The Morgan fingerprint density at radius 2 is 2.12 bits per heavy atom. The van der Waals surface area contributed by atoms with E-state index in [4.69, 9.17) is 5.73 Å². The van der Waals surface area contributed by atoms with Gasteiger partial charge in [-0.05, 0) is 34.1 Å². The average Bonchev–Trinajstić information content (AvgIpc) is 2.32. The second kappa shape index (κ2) is 4.92. The van der Waals surface area contributed by atoms with E-state index in [1.807, 2.05) is 0 Å². The lowest BCUT2D eigenvalue weighted by molar-refractivity contribution is 0.102. The third-order valence-electron chi connectivity index (χ3n) is 2.00. The first-order valence-corrected chi connectivity index (χ1v) is 5.58. The van der Waals surface area contributed by atoms with Crippen molar-refractivity contribution in [1.29, 1.82) is 0 Å². The molecule has 86 valence electrons. The van der Waals surface area contributed by atoms with Crippen LogP contribution < -0.4 is 11.1 Å². The summed E-state index contributed by atoms with van der Waals surface area (Å²) in [5, 5.41) is 2.65. The van der Waals surface area contributed by atoms with Gasteiger partial charge in [0, 0.05) is 16.9 Å². The Kier molecular flexibility index (Phi) is 3.34. The summed E-state index contributed by atoms with van der Waals surface area (Å²) in [5.74, 6) is 0.181. The van der Waals surface area contributed by atoms with E-state index in [1.54, 1.807) is 24.4 Å². The Labute approximate surface area is 106 Å². The normalized spacial score (nSPS) is 9.94. The molecule has 5 nitrogen and oxygen atoms in total. The Morgan fingerprint density at radius 1 is 1.29 bits per heavy atom. The van der Waals surface area contributed by atoms with Gasteiger partial charge in [-0.1, -0.05) is 0 Å². The fraction of sp³-hybridized carbons (Fsp3) is 0. The third kappa shape index (κ3) is 3.01. The summed E-state index contributed by atoms with van der Waals surface area (Å²) in [6.45, 7) is 0. The van der Waals surface area contributed by atoms with Crippen molar-refractivity contribution >= 4 is 33.3 Å². The quantitative estimate of drug-likeness (QED) is 0.888. The van der Waals surface area contributed by atoms with E-state index >= 15 is 0 Å². The number of carbonyl (C=O) groups excluding carboxylic acids is 1. The van der Waals surface area contributed by atoms with Crippen LogP contribution in [-0.4, -0.2) is 15.9 Å².